The molecule has 0 unspecified atom stereocenters. The standard InChI is InChI=1S/C30H34F4N2O9S/c1-29(28(39)40)9-7-17(8-10-29)45-25-14-21(24(44-3)15-22(25)31)27(38)36-23-13-18(43-2)12-20(23)26(37)35-16-5-4-6-19(11-16)46(41,42)30(32,33)34/h4-6,11,14-15,17-18,20,23H,7-10,12-13H2,1-3H3,(H,35,37)(H,36,38)(H,39,40)/t17?,18-,20+,23-,29?/m0/s1. The van der Waals surface area contributed by atoms with Crippen molar-refractivity contribution in [2.24, 2.45) is 11.3 Å². The van der Waals surface area contributed by atoms with Crippen LogP contribution in [-0.4, -0.2) is 69.3 Å². The van der Waals surface area contributed by atoms with Crippen molar-refractivity contribution in [2.75, 3.05) is 19.5 Å². The Morgan fingerprint density at radius 3 is 2.26 bits per heavy atom. The molecule has 2 aromatic rings. The highest BCUT2D eigenvalue weighted by Gasteiger charge is 2.47. The van der Waals surface area contributed by atoms with Gasteiger partial charge in [0.15, 0.2) is 11.6 Å². The van der Waals surface area contributed by atoms with Gasteiger partial charge in [-0.05, 0) is 69.7 Å². The van der Waals surface area contributed by atoms with Gasteiger partial charge >= 0.3 is 11.5 Å². The first-order valence-corrected chi connectivity index (χ1v) is 15.8. The number of nitrogens with one attached hydrogen (secondary N) is 2. The van der Waals surface area contributed by atoms with Gasteiger partial charge in [-0.3, -0.25) is 14.4 Å². The summed E-state index contributed by atoms with van der Waals surface area (Å²) in [5.41, 5.74) is -6.74. The van der Waals surface area contributed by atoms with Crippen LogP contribution in [0, 0.1) is 17.2 Å². The fourth-order valence-electron chi connectivity index (χ4n) is 5.70. The number of carbonyl (C=O) groups excluding carboxylic acids is 2. The second-order valence-corrected chi connectivity index (χ2v) is 13.6. The molecule has 2 aliphatic rings. The highest BCUT2D eigenvalue weighted by molar-refractivity contribution is 7.92. The minimum absolute atomic E-state index is 0.102. The van der Waals surface area contributed by atoms with Crippen molar-refractivity contribution < 1.29 is 59.7 Å². The van der Waals surface area contributed by atoms with Crippen molar-refractivity contribution in [1.29, 1.82) is 0 Å². The minimum Gasteiger partial charge on any atom is -0.496 e. The van der Waals surface area contributed by atoms with Crippen LogP contribution in [0.25, 0.3) is 0 Å². The van der Waals surface area contributed by atoms with E-state index in [1.165, 1.54) is 26.4 Å². The van der Waals surface area contributed by atoms with Crippen molar-refractivity contribution >= 4 is 33.3 Å². The zero-order valence-corrected chi connectivity index (χ0v) is 26.0. The van der Waals surface area contributed by atoms with Crippen LogP contribution in [0.5, 0.6) is 11.5 Å². The lowest BCUT2D eigenvalue weighted by molar-refractivity contribution is -0.150. The van der Waals surface area contributed by atoms with Gasteiger partial charge < -0.3 is 30.0 Å². The first kappa shape index (κ1) is 34.9. The molecule has 4 rings (SSSR count). The molecule has 0 bridgehead atoms. The molecule has 252 valence electrons. The van der Waals surface area contributed by atoms with Gasteiger partial charge in [-0.1, -0.05) is 6.07 Å². The molecule has 0 aromatic heterocycles. The van der Waals surface area contributed by atoms with E-state index in [-0.39, 0.29) is 35.6 Å². The molecule has 0 saturated heterocycles. The van der Waals surface area contributed by atoms with Gasteiger partial charge in [0.05, 0.1) is 41.1 Å². The molecule has 0 aliphatic heterocycles. The van der Waals surface area contributed by atoms with Crippen LogP contribution in [-0.2, 0) is 24.2 Å². The third kappa shape index (κ3) is 7.38. The molecular weight excluding hydrogens is 640 g/mol. The Labute approximate surface area is 262 Å². The number of sulfone groups is 1. The molecular formula is C30H34F4N2O9S. The van der Waals surface area contributed by atoms with E-state index < -0.39 is 73.4 Å². The summed E-state index contributed by atoms with van der Waals surface area (Å²) in [5, 5.41) is 14.6. The summed E-state index contributed by atoms with van der Waals surface area (Å²) >= 11 is 0. The quantitative estimate of drug-likeness (QED) is 0.304. The van der Waals surface area contributed by atoms with Crippen molar-refractivity contribution in [1.82, 2.24) is 5.32 Å². The predicted octanol–water partition coefficient (Wildman–Crippen LogP) is 4.70. The topological polar surface area (TPSA) is 157 Å². The number of amides is 2. The fourth-order valence-corrected chi connectivity index (χ4v) is 6.51. The van der Waals surface area contributed by atoms with Gasteiger partial charge in [0.25, 0.3) is 15.7 Å². The van der Waals surface area contributed by atoms with Crippen molar-refractivity contribution in [2.45, 2.75) is 74.1 Å². The summed E-state index contributed by atoms with van der Waals surface area (Å²) in [5.74, 6) is -4.45. The van der Waals surface area contributed by atoms with E-state index in [1.807, 2.05) is 0 Å². The van der Waals surface area contributed by atoms with E-state index in [4.69, 9.17) is 14.2 Å². The smallest absolute Gasteiger partial charge is 0.496 e. The summed E-state index contributed by atoms with van der Waals surface area (Å²) in [6.45, 7) is 1.64. The number of anilines is 1. The lowest BCUT2D eigenvalue weighted by Crippen LogP contribution is -2.42. The Balaban J connectivity index is 1.51. The average molecular weight is 675 g/mol. The molecule has 0 radical (unpaired) electrons. The number of hydrogen-bond acceptors (Lipinski definition) is 8. The number of rotatable bonds is 10. The molecule has 2 saturated carbocycles. The molecule has 0 spiro atoms. The Morgan fingerprint density at radius 2 is 1.67 bits per heavy atom. The second-order valence-electron chi connectivity index (χ2n) is 11.6. The van der Waals surface area contributed by atoms with Gasteiger partial charge in [-0.15, -0.1) is 0 Å². The van der Waals surface area contributed by atoms with E-state index in [2.05, 4.69) is 10.6 Å². The van der Waals surface area contributed by atoms with Gasteiger partial charge in [-0.25, -0.2) is 12.8 Å². The predicted molar refractivity (Wildman–Crippen MR) is 155 cm³/mol. The van der Waals surface area contributed by atoms with Crippen molar-refractivity contribution in [3.05, 3.63) is 47.8 Å². The number of carboxylic acid groups (broad SMARTS) is 1. The van der Waals surface area contributed by atoms with Crippen molar-refractivity contribution in [3.8, 4) is 11.5 Å². The fraction of sp³-hybridized carbons (Fsp3) is 0.500. The van der Waals surface area contributed by atoms with Crippen LogP contribution >= 0.6 is 0 Å². The summed E-state index contributed by atoms with van der Waals surface area (Å²) in [4.78, 5) is 37.3. The summed E-state index contributed by atoms with van der Waals surface area (Å²) < 4.78 is 94.2. The normalized spacial score (nSPS) is 25.0. The average Bonchev–Trinajstić information content (AvgIpc) is 3.41. The number of carboxylic acids is 1. The monoisotopic (exact) mass is 674 g/mol. The summed E-state index contributed by atoms with van der Waals surface area (Å²) in [7, 11) is -3.01. The summed E-state index contributed by atoms with van der Waals surface area (Å²) in [6, 6.07) is 5.03. The molecule has 2 aromatic carbocycles. The maximum Gasteiger partial charge on any atom is 0.501 e. The van der Waals surface area contributed by atoms with E-state index >= 15 is 0 Å². The largest absolute Gasteiger partial charge is 0.501 e. The number of halogens is 4. The third-order valence-corrected chi connectivity index (χ3v) is 10.1. The molecule has 2 fully saturated rings. The highest BCUT2D eigenvalue weighted by Crippen LogP contribution is 2.39. The van der Waals surface area contributed by atoms with Crippen molar-refractivity contribution in [3.63, 3.8) is 0 Å². The lowest BCUT2D eigenvalue weighted by Gasteiger charge is -2.34. The molecule has 2 amide bonds. The maximum atomic E-state index is 15.0. The van der Waals surface area contributed by atoms with Crippen LogP contribution in [0.2, 0.25) is 0 Å². The minimum atomic E-state index is -5.66. The summed E-state index contributed by atoms with van der Waals surface area (Å²) in [6.07, 6.45) is 0.713. The lowest BCUT2D eigenvalue weighted by atomic mass is 9.75. The van der Waals surface area contributed by atoms with Crippen LogP contribution in [0.3, 0.4) is 0 Å². The van der Waals surface area contributed by atoms with E-state index in [1.54, 1.807) is 6.92 Å². The number of benzene rings is 2. The zero-order chi connectivity index (χ0) is 34.0. The van der Waals surface area contributed by atoms with Crippen LogP contribution < -0.4 is 20.1 Å². The van der Waals surface area contributed by atoms with Gasteiger partial charge in [-0.2, -0.15) is 13.2 Å². The number of methoxy groups -OCH3 is 2. The second kappa shape index (κ2) is 13.4. The Hall–Kier alpha value is -3.92. The number of alkyl halides is 3. The molecule has 46 heavy (non-hydrogen) atoms. The molecule has 2 aliphatic carbocycles. The van der Waals surface area contributed by atoms with Gasteiger partial charge in [0, 0.05) is 24.9 Å². The number of hydrogen-bond donors (Lipinski definition) is 3. The SMILES string of the molecule is COc1cc(F)c(OC2CCC(C)(C(=O)O)CC2)cc1C(=O)N[C@H]1C[C@@H](OC)C[C@H]1C(=O)Nc1cccc(S(=O)(=O)C(F)(F)F)c1. The van der Waals surface area contributed by atoms with E-state index in [0.717, 1.165) is 18.2 Å². The Bertz CT molecular complexity index is 1590. The van der Waals surface area contributed by atoms with E-state index in [0.29, 0.717) is 31.7 Å². The van der Waals surface area contributed by atoms with Gasteiger partial charge in [0.2, 0.25) is 5.91 Å². The molecule has 0 heterocycles. The molecule has 3 atom stereocenters. The van der Waals surface area contributed by atoms with E-state index in [9.17, 15) is 45.5 Å². The Morgan fingerprint density at radius 1 is 1.00 bits per heavy atom. The zero-order valence-electron chi connectivity index (χ0n) is 25.1. The highest BCUT2D eigenvalue weighted by atomic mass is 32.2. The number of carbonyl (C=O) groups is 3. The first-order chi connectivity index (χ1) is 21.5. The molecule has 3 N–H and O–H groups in total. The maximum absolute atomic E-state index is 15.0. The third-order valence-electron chi connectivity index (χ3n) is 8.57. The Kier molecular flexibility index (Phi) is 10.2. The van der Waals surface area contributed by atoms with Crippen LogP contribution in [0.1, 0.15) is 55.8 Å². The number of aliphatic carboxylic acids is 1. The molecule has 11 nitrogen and oxygen atoms in total. The first-order valence-electron chi connectivity index (χ1n) is 14.3. The van der Waals surface area contributed by atoms with Crippen LogP contribution in [0.4, 0.5) is 23.2 Å². The van der Waals surface area contributed by atoms with Crippen LogP contribution in [0.15, 0.2) is 41.3 Å². The number of ether oxygens (including phenoxy) is 3. The van der Waals surface area contributed by atoms with Gasteiger partial charge in [0.1, 0.15) is 5.75 Å². The molecule has 16 heteroatoms.